The van der Waals surface area contributed by atoms with E-state index in [1.54, 1.807) is 7.11 Å². The Balaban J connectivity index is 2.50. The van der Waals surface area contributed by atoms with Crippen molar-refractivity contribution in [1.82, 2.24) is 9.80 Å². The molecule has 2 atom stereocenters. The lowest BCUT2D eigenvalue weighted by atomic mass is 9.99. The maximum absolute atomic E-state index is 5.94. The van der Waals surface area contributed by atoms with E-state index in [9.17, 15) is 0 Å². The van der Waals surface area contributed by atoms with E-state index >= 15 is 0 Å². The molecule has 0 saturated carbocycles. The van der Waals surface area contributed by atoms with E-state index in [1.807, 2.05) is 0 Å². The van der Waals surface area contributed by atoms with E-state index in [2.05, 4.69) is 37.5 Å². The van der Waals surface area contributed by atoms with Crippen LogP contribution in [0.1, 0.15) is 27.7 Å². The third kappa shape index (κ3) is 4.19. The first-order chi connectivity index (χ1) is 8.40. The van der Waals surface area contributed by atoms with Gasteiger partial charge in [0.1, 0.15) is 0 Å². The Kier molecular flexibility index (Phi) is 6.05. The molecule has 0 aromatic carbocycles. The summed E-state index contributed by atoms with van der Waals surface area (Å²) in [6.07, 6.45) is 0. The molecule has 2 unspecified atom stereocenters. The molecule has 0 spiro atoms. The first kappa shape index (κ1) is 15.9. The quantitative estimate of drug-likeness (QED) is 0.798. The van der Waals surface area contributed by atoms with Gasteiger partial charge in [0.25, 0.3) is 0 Å². The number of nitrogens with zero attached hydrogens (tertiary/aromatic N) is 2. The zero-order valence-corrected chi connectivity index (χ0v) is 12.8. The van der Waals surface area contributed by atoms with Gasteiger partial charge in [-0.2, -0.15) is 0 Å². The van der Waals surface area contributed by atoms with Crippen molar-refractivity contribution in [2.24, 2.45) is 11.7 Å². The van der Waals surface area contributed by atoms with Crippen LogP contribution in [0.25, 0.3) is 0 Å². The number of hydrogen-bond donors (Lipinski definition) is 1. The molecular weight excluding hydrogens is 226 g/mol. The number of ether oxygens (including phenoxy) is 1. The monoisotopic (exact) mass is 257 g/mol. The van der Waals surface area contributed by atoms with E-state index in [1.165, 1.54) is 0 Å². The van der Waals surface area contributed by atoms with Crippen molar-refractivity contribution in [3.8, 4) is 0 Å². The van der Waals surface area contributed by atoms with Crippen LogP contribution in [0, 0.1) is 5.92 Å². The van der Waals surface area contributed by atoms with Gasteiger partial charge in [0.15, 0.2) is 0 Å². The van der Waals surface area contributed by atoms with Gasteiger partial charge in [-0.1, -0.05) is 6.92 Å². The van der Waals surface area contributed by atoms with Crippen LogP contribution in [-0.2, 0) is 4.74 Å². The van der Waals surface area contributed by atoms with Gasteiger partial charge in [0.05, 0.1) is 6.61 Å². The van der Waals surface area contributed by atoms with Crippen LogP contribution in [0.3, 0.4) is 0 Å². The lowest BCUT2D eigenvalue weighted by molar-refractivity contribution is 0.0183. The Morgan fingerprint density at radius 3 is 2.11 bits per heavy atom. The Morgan fingerprint density at radius 1 is 1.17 bits per heavy atom. The average molecular weight is 257 g/mol. The van der Waals surface area contributed by atoms with Gasteiger partial charge in [0.2, 0.25) is 0 Å². The summed E-state index contributed by atoms with van der Waals surface area (Å²) in [7, 11) is 1.77. The molecule has 0 aromatic rings. The minimum Gasteiger partial charge on any atom is -0.384 e. The fraction of sp³-hybridized carbons (Fsp3) is 1.00. The van der Waals surface area contributed by atoms with E-state index in [0.717, 1.165) is 39.3 Å². The molecule has 1 heterocycles. The predicted octanol–water partition coefficient (Wildman–Crippen LogP) is 1.01. The Hall–Kier alpha value is -0.160. The zero-order chi connectivity index (χ0) is 13.8. The van der Waals surface area contributed by atoms with E-state index in [4.69, 9.17) is 10.5 Å². The Labute approximate surface area is 112 Å². The predicted molar refractivity (Wildman–Crippen MR) is 76.8 cm³/mol. The highest BCUT2D eigenvalue weighted by atomic mass is 16.5. The highest BCUT2D eigenvalue weighted by Gasteiger charge is 2.30. The summed E-state index contributed by atoms with van der Waals surface area (Å²) in [6.45, 7) is 15.1. The second-order valence-electron chi connectivity index (χ2n) is 6.43. The van der Waals surface area contributed by atoms with Crippen LogP contribution >= 0.6 is 0 Å². The molecule has 4 nitrogen and oxygen atoms in total. The molecule has 4 heteroatoms. The number of nitrogens with two attached hydrogens (primary N) is 1. The number of methoxy groups -OCH3 is 1. The molecule has 0 aromatic heterocycles. The third-order valence-corrected chi connectivity index (χ3v) is 4.06. The first-order valence-corrected chi connectivity index (χ1v) is 7.08. The van der Waals surface area contributed by atoms with Gasteiger partial charge in [-0.3, -0.25) is 9.80 Å². The minimum atomic E-state index is 0.280. The second-order valence-corrected chi connectivity index (χ2v) is 6.43. The summed E-state index contributed by atoms with van der Waals surface area (Å²) in [6, 6.07) is 0.451. The fourth-order valence-electron chi connectivity index (χ4n) is 2.84. The summed E-state index contributed by atoms with van der Waals surface area (Å²) in [5.74, 6) is 0.501. The number of piperazine rings is 1. The maximum Gasteiger partial charge on any atom is 0.0503 e. The molecule has 1 aliphatic rings. The van der Waals surface area contributed by atoms with Crippen molar-refractivity contribution in [3.63, 3.8) is 0 Å². The van der Waals surface area contributed by atoms with Crippen molar-refractivity contribution < 1.29 is 4.74 Å². The van der Waals surface area contributed by atoms with Crippen LogP contribution in [0.5, 0.6) is 0 Å². The number of rotatable bonds is 5. The molecule has 1 fully saturated rings. The molecular formula is C14H31N3O. The largest absolute Gasteiger partial charge is 0.384 e. The van der Waals surface area contributed by atoms with Crippen LogP contribution in [0.4, 0.5) is 0 Å². The van der Waals surface area contributed by atoms with Gasteiger partial charge in [-0.15, -0.1) is 0 Å². The van der Waals surface area contributed by atoms with Gasteiger partial charge in [0, 0.05) is 51.4 Å². The van der Waals surface area contributed by atoms with Crippen LogP contribution in [-0.4, -0.2) is 67.8 Å². The standard InChI is InChI=1S/C14H31N3O/c1-12(11-18-5)13(10-15)16-6-8-17(9-7-16)14(2,3)4/h12-13H,6-11,15H2,1-5H3. The van der Waals surface area contributed by atoms with Gasteiger partial charge < -0.3 is 10.5 Å². The highest BCUT2D eigenvalue weighted by molar-refractivity contribution is 4.86. The summed E-state index contributed by atoms with van der Waals surface area (Å²) < 4.78 is 5.26. The lowest BCUT2D eigenvalue weighted by Crippen LogP contribution is -2.58. The summed E-state index contributed by atoms with van der Waals surface area (Å²) in [4.78, 5) is 5.09. The van der Waals surface area contributed by atoms with Crippen molar-refractivity contribution in [2.45, 2.75) is 39.3 Å². The molecule has 0 radical (unpaired) electrons. The molecule has 0 aliphatic carbocycles. The first-order valence-electron chi connectivity index (χ1n) is 7.08. The molecule has 1 rings (SSSR count). The molecule has 1 saturated heterocycles. The molecule has 0 amide bonds. The lowest BCUT2D eigenvalue weighted by Gasteiger charge is -2.45. The third-order valence-electron chi connectivity index (χ3n) is 4.06. The smallest absolute Gasteiger partial charge is 0.0503 e. The SMILES string of the molecule is COCC(C)C(CN)N1CCN(C(C)(C)C)CC1. The van der Waals surface area contributed by atoms with Crippen LogP contribution in [0.15, 0.2) is 0 Å². The van der Waals surface area contributed by atoms with E-state index < -0.39 is 0 Å². The van der Waals surface area contributed by atoms with Crippen LogP contribution in [0.2, 0.25) is 0 Å². The zero-order valence-electron chi connectivity index (χ0n) is 12.8. The molecule has 0 bridgehead atoms. The Morgan fingerprint density at radius 2 is 1.72 bits per heavy atom. The van der Waals surface area contributed by atoms with Gasteiger partial charge in [-0.25, -0.2) is 0 Å². The summed E-state index contributed by atoms with van der Waals surface area (Å²) >= 11 is 0. The fourth-order valence-corrected chi connectivity index (χ4v) is 2.84. The average Bonchev–Trinajstić information content (AvgIpc) is 2.30. The van der Waals surface area contributed by atoms with Crippen molar-refractivity contribution in [3.05, 3.63) is 0 Å². The van der Waals surface area contributed by atoms with E-state index in [0.29, 0.717) is 12.0 Å². The van der Waals surface area contributed by atoms with Gasteiger partial charge >= 0.3 is 0 Å². The molecule has 18 heavy (non-hydrogen) atoms. The minimum absolute atomic E-state index is 0.280. The van der Waals surface area contributed by atoms with Crippen molar-refractivity contribution in [1.29, 1.82) is 0 Å². The number of hydrogen-bond acceptors (Lipinski definition) is 4. The Bertz CT molecular complexity index is 232. The topological polar surface area (TPSA) is 41.7 Å². The normalized spacial score (nSPS) is 23.0. The molecule has 1 aliphatic heterocycles. The van der Waals surface area contributed by atoms with Gasteiger partial charge in [-0.05, 0) is 26.7 Å². The second kappa shape index (κ2) is 6.85. The van der Waals surface area contributed by atoms with Crippen LogP contribution < -0.4 is 5.73 Å². The van der Waals surface area contributed by atoms with Crippen molar-refractivity contribution >= 4 is 0 Å². The molecule has 108 valence electrons. The highest BCUT2D eigenvalue weighted by Crippen LogP contribution is 2.19. The maximum atomic E-state index is 5.94. The van der Waals surface area contributed by atoms with Crippen molar-refractivity contribution in [2.75, 3.05) is 46.4 Å². The van der Waals surface area contributed by atoms with E-state index in [-0.39, 0.29) is 5.54 Å². The molecule has 2 N–H and O–H groups in total. The summed E-state index contributed by atoms with van der Waals surface area (Å²) in [5.41, 5.74) is 6.22. The summed E-state index contributed by atoms with van der Waals surface area (Å²) in [5, 5.41) is 0.